The molecule has 1 nitrogen and oxygen atoms in total. The predicted molar refractivity (Wildman–Crippen MR) is 59.7 cm³/mol. The Morgan fingerprint density at radius 2 is 1.69 bits per heavy atom. The van der Waals surface area contributed by atoms with Gasteiger partial charge in [0, 0.05) is 6.54 Å². The zero-order valence-electron chi connectivity index (χ0n) is 9.00. The summed E-state index contributed by atoms with van der Waals surface area (Å²) < 4.78 is 38.3. The Kier molecular flexibility index (Phi) is 3.24. The summed E-state index contributed by atoms with van der Waals surface area (Å²) >= 11 is 0. The normalized spacial score (nSPS) is 17.9. The second kappa shape index (κ2) is 4.49. The van der Waals surface area contributed by atoms with Gasteiger partial charge in [-0.2, -0.15) is 0 Å². The lowest BCUT2D eigenvalue weighted by Gasteiger charge is -2.23. The molecule has 2 rings (SSSR count). The molecule has 1 fully saturated rings. The van der Waals surface area contributed by atoms with Crippen LogP contribution in [0, 0.1) is 0 Å². The molecular formula is C11H14BF3N-. The van der Waals surface area contributed by atoms with Crippen LogP contribution >= 0.6 is 0 Å². The van der Waals surface area contributed by atoms with E-state index in [-0.39, 0.29) is 0 Å². The van der Waals surface area contributed by atoms with E-state index in [0.29, 0.717) is 12.1 Å². The Labute approximate surface area is 93.3 Å². The topological polar surface area (TPSA) is 3.24 Å². The first-order valence-corrected chi connectivity index (χ1v) is 5.57. The summed E-state index contributed by atoms with van der Waals surface area (Å²) in [5, 5.41) is 0. The number of nitrogens with zero attached hydrogens (tertiary/aromatic N) is 1. The molecule has 0 radical (unpaired) electrons. The average Bonchev–Trinajstić information content (AvgIpc) is 2.70. The summed E-state index contributed by atoms with van der Waals surface area (Å²) in [5.41, 5.74) is -0.0219. The first-order valence-electron chi connectivity index (χ1n) is 5.57. The molecule has 0 aromatic heterocycles. The number of rotatable bonds is 3. The number of halogens is 3. The Bertz CT molecular complexity index is 358. The molecule has 0 saturated carbocycles. The molecule has 88 valence electrons. The standard InChI is InChI=1S/C11H14BF3N/c13-12(14,15)11-6-2-1-5-10(11)9-16-7-3-4-8-16/h1-2,5-6H,3-4,7-9H2/q-1. The number of likely N-dealkylation sites (tertiary alicyclic amines) is 1. The monoisotopic (exact) mass is 228 g/mol. The van der Waals surface area contributed by atoms with Gasteiger partial charge in [-0.1, -0.05) is 29.8 Å². The minimum absolute atomic E-state index is 0.414. The van der Waals surface area contributed by atoms with E-state index < -0.39 is 12.4 Å². The van der Waals surface area contributed by atoms with Crippen LogP contribution in [0.4, 0.5) is 12.9 Å². The van der Waals surface area contributed by atoms with Gasteiger partial charge in [0.05, 0.1) is 0 Å². The molecule has 5 heteroatoms. The summed E-state index contributed by atoms with van der Waals surface area (Å²) in [6.07, 6.45) is 2.19. The van der Waals surface area contributed by atoms with E-state index in [4.69, 9.17) is 0 Å². The smallest absolute Gasteiger partial charge is 0.445 e. The van der Waals surface area contributed by atoms with Gasteiger partial charge in [0.1, 0.15) is 0 Å². The molecule has 1 aromatic rings. The van der Waals surface area contributed by atoms with Crippen LogP contribution in [0.15, 0.2) is 24.3 Å². The fraction of sp³-hybridized carbons (Fsp3) is 0.455. The van der Waals surface area contributed by atoms with E-state index >= 15 is 0 Å². The summed E-state index contributed by atoms with van der Waals surface area (Å²) in [4.78, 5) is 2.08. The zero-order valence-corrected chi connectivity index (χ0v) is 9.00. The van der Waals surface area contributed by atoms with Gasteiger partial charge in [0.25, 0.3) is 0 Å². The summed E-state index contributed by atoms with van der Waals surface area (Å²) in [7, 11) is 0. The summed E-state index contributed by atoms with van der Waals surface area (Å²) in [6, 6.07) is 5.91. The van der Waals surface area contributed by atoms with Crippen molar-refractivity contribution in [3.63, 3.8) is 0 Å². The molecule has 1 saturated heterocycles. The molecule has 1 heterocycles. The van der Waals surface area contributed by atoms with Crippen LogP contribution in [0.2, 0.25) is 0 Å². The lowest BCUT2D eigenvalue weighted by Crippen LogP contribution is -2.38. The lowest BCUT2D eigenvalue weighted by atomic mass is 9.77. The maximum atomic E-state index is 12.8. The molecule has 0 spiro atoms. The van der Waals surface area contributed by atoms with E-state index in [0.717, 1.165) is 25.9 Å². The third-order valence-electron chi connectivity index (χ3n) is 3.00. The van der Waals surface area contributed by atoms with Crippen molar-refractivity contribution in [2.24, 2.45) is 0 Å². The van der Waals surface area contributed by atoms with Gasteiger partial charge in [-0.05, 0) is 25.9 Å². The van der Waals surface area contributed by atoms with E-state index in [1.807, 2.05) is 0 Å². The first-order chi connectivity index (χ1) is 7.57. The van der Waals surface area contributed by atoms with Crippen molar-refractivity contribution in [2.75, 3.05) is 13.1 Å². The minimum Gasteiger partial charge on any atom is -0.445 e. The van der Waals surface area contributed by atoms with Crippen molar-refractivity contribution >= 4 is 12.4 Å². The fourth-order valence-corrected chi connectivity index (χ4v) is 2.18. The van der Waals surface area contributed by atoms with Crippen molar-refractivity contribution in [3.05, 3.63) is 29.8 Å². The highest BCUT2D eigenvalue weighted by molar-refractivity contribution is 6.74. The predicted octanol–water partition coefficient (Wildman–Crippen LogP) is 2.34. The van der Waals surface area contributed by atoms with Crippen molar-refractivity contribution in [3.8, 4) is 0 Å². The molecule has 0 aliphatic carbocycles. The van der Waals surface area contributed by atoms with Crippen LogP contribution in [-0.4, -0.2) is 25.0 Å². The van der Waals surface area contributed by atoms with Crippen LogP contribution in [-0.2, 0) is 6.54 Å². The van der Waals surface area contributed by atoms with Crippen molar-refractivity contribution in [1.29, 1.82) is 0 Å². The molecule has 0 unspecified atom stereocenters. The third kappa shape index (κ3) is 2.58. The molecule has 0 atom stereocenters. The van der Waals surface area contributed by atoms with Gasteiger partial charge >= 0.3 is 6.98 Å². The average molecular weight is 228 g/mol. The van der Waals surface area contributed by atoms with E-state index in [1.54, 1.807) is 12.1 Å². The quantitative estimate of drug-likeness (QED) is 0.717. The molecule has 0 bridgehead atoms. The van der Waals surface area contributed by atoms with Gasteiger partial charge in [-0.25, -0.2) is 0 Å². The lowest BCUT2D eigenvalue weighted by molar-refractivity contribution is 0.331. The Balaban J connectivity index is 2.19. The van der Waals surface area contributed by atoms with Crippen LogP contribution in [0.3, 0.4) is 0 Å². The second-order valence-corrected chi connectivity index (χ2v) is 4.26. The van der Waals surface area contributed by atoms with E-state index in [9.17, 15) is 12.9 Å². The molecule has 1 aliphatic heterocycles. The van der Waals surface area contributed by atoms with Crippen LogP contribution in [0.25, 0.3) is 0 Å². The van der Waals surface area contributed by atoms with Crippen molar-refractivity contribution in [2.45, 2.75) is 19.4 Å². The molecule has 0 amide bonds. The minimum atomic E-state index is -4.89. The van der Waals surface area contributed by atoms with Crippen molar-refractivity contribution in [1.82, 2.24) is 4.90 Å². The van der Waals surface area contributed by atoms with Gasteiger partial charge in [-0.3, -0.25) is 4.90 Å². The maximum Gasteiger partial charge on any atom is 0.509 e. The highest BCUT2D eigenvalue weighted by Crippen LogP contribution is 2.16. The number of hydrogen-bond donors (Lipinski definition) is 0. The van der Waals surface area contributed by atoms with Gasteiger partial charge in [0.2, 0.25) is 0 Å². The van der Waals surface area contributed by atoms with Gasteiger partial charge in [0.15, 0.2) is 0 Å². The summed E-state index contributed by atoms with van der Waals surface area (Å²) in [5.74, 6) is 0. The molecule has 1 aliphatic rings. The zero-order chi connectivity index (χ0) is 11.6. The molecule has 1 aromatic carbocycles. The molecule has 16 heavy (non-hydrogen) atoms. The SMILES string of the molecule is F[B-](F)(F)c1ccccc1CN1CCCC1. The van der Waals surface area contributed by atoms with Crippen molar-refractivity contribution < 1.29 is 12.9 Å². The number of benzene rings is 1. The second-order valence-electron chi connectivity index (χ2n) is 4.26. The van der Waals surface area contributed by atoms with Crippen LogP contribution < -0.4 is 5.46 Å². The van der Waals surface area contributed by atoms with E-state index in [1.165, 1.54) is 12.1 Å². The Morgan fingerprint density at radius 1 is 1.06 bits per heavy atom. The highest BCUT2D eigenvalue weighted by atomic mass is 19.4. The van der Waals surface area contributed by atoms with Gasteiger partial charge in [-0.15, -0.1) is 5.46 Å². The first kappa shape index (κ1) is 11.5. The Morgan fingerprint density at radius 3 is 2.31 bits per heavy atom. The Hall–Kier alpha value is -0.965. The summed E-state index contributed by atoms with van der Waals surface area (Å²) in [6.45, 7) is -2.63. The fourth-order valence-electron chi connectivity index (χ4n) is 2.18. The van der Waals surface area contributed by atoms with Crippen LogP contribution in [0.1, 0.15) is 18.4 Å². The maximum absolute atomic E-state index is 12.8. The molecular weight excluding hydrogens is 214 g/mol. The molecule has 0 N–H and O–H groups in total. The number of hydrogen-bond acceptors (Lipinski definition) is 1. The highest BCUT2D eigenvalue weighted by Gasteiger charge is 2.28. The van der Waals surface area contributed by atoms with Crippen LogP contribution in [0.5, 0.6) is 0 Å². The third-order valence-corrected chi connectivity index (χ3v) is 3.00. The largest absolute Gasteiger partial charge is 0.509 e. The van der Waals surface area contributed by atoms with E-state index in [2.05, 4.69) is 4.90 Å². The van der Waals surface area contributed by atoms with Gasteiger partial charge < -0.3 is 12.9 Å².